The standard InChI is InChI=1S/C18H22O6/c1-22-17(20)10-9-14(12-16-15(19)8-5-11-23-16)24-18(21)13-6-3-2-4-7-13/h2-4,6-7,9-10,14-16,19H,5,8,11-12H2,1H3/b10-9-/t14-,15-,16+/m1/s1. The van der Waals surface area contributed by atoms with Crippen LogP contribution in [0.5, 0.6) is 0 Å². The summed E-state index contributed by atoms with van der Waals surface area (Å²) in [5.74, 6) is -1.04. The highest BCUT2D eigenvalue weighted by Crippen LogP contribution is 2.20. The maximum absolute atomic E-state index is 12.2. The van der Waals surface area contributed by atoms with Gasteiger partial charge < -0.3 is 19.3 Å². The predicted molar refractivity (Wildman–Crippen MR) is 86.4 cm³/mol. The molecule has 6 heteroatoms. The fourth-order valence-corrected chi connectivity index (χ4v) is 2.48. The monoisotopic (exact) mass is 334 g/mol. The van der Waals surface area contributed by atoms with Crippen molar-refractivity contribution in [2.45, 2.75) is 37.6 Å². The van der Waals surface area contributed by atoms with Crippen molar-refractivity contribution >= 4 is 11.9 Å². The number of benzene rings is 1. The lowest BCUT2D eigenvalue weighted by Gasteiger charge is -2.30. The molecule has 1 N–H and O–H groups in total. The zero-order chi connectivity index (χ0) is 17.4. The molecule has 0 saturated carbocycles. The summed E-state index contributed by atoms with van der Waals surface area (Å²) in [6.45, 7) is 0.557. The largest absolute Gasteiger partial charge is 0.466 e. The Morgan fingerprint density at radius 3 is 2.79 bits per heavy atom. The van der Waals surface area contributed by atoms with Gasteiger partial charge in [-0.2, -0.15) is 0 Å². The molecule has 1 aromatic rings. The van der Waals surface area contributed by atoms with Crippen molar-refractivity contribution in [2.75, 3.05) is 13.7 Å². The number of methoxy groups -OCH3 is 1. The second-order valence-electron chi connectivity index (χ2n) is 5.55. The van der Waals surface area contributed by atoms with Crippen molar-refractivity contribution in [1.82, 2.24) is 0 Å². The second-order valence-corrected chi connectivity index (χ2v) is 5.55. The molecule has 0 aliphatic carbocycles. The first-order valence-electron chi connectivity index (χ1n) is 7.92. The quantitative estimate of drug-likeness (QED) is 0.632. The Hall–Kier alpha value is -2.18. The van der Waals surface area contributed by atoms with Gasteiger partial charge in [-0.3, -0.25) is 0 Å². The third-order valence-corrected chi connectivity index (χ3v) is 3.79. The fraction of sp³-hybridized carbons (Fsp3) is 0.444. The average Bonchev–Trinajstić information content (AvgIpc) is 2.61. The van der Waals surface area contributed by atoms with E-state index in [1.807, 2.05) is 0 Å². The normalized spacial score (nSPS) is 22.1. The van der Waals surface area contributed by atoms with Crippen LogP contribution in [0.15, 0.2) is 42.5 Å². The molecule has 6 nitrogen and oxygen atoms in total. The Kier molecular flexibility index (Phi) is 6.96. The Bertz CT molecular complexity index is 568. The second kappa shape index (κ2) is 9.20. The van der Waals surface area contributed by atoms with Crippen molar-refractivity contribution in [1.29, 1.82) is 0 Å². The number of carbonyl (C=O) groups is 2. The molecule has 1 aliphatic heterocycles. The summed E-state index contributed by atoms with van der Waals surface area (Å²) >= 11 is 0. The molecule has 1 fully saturated rings. The van der Waals surface area contributed by atoms with Crippen LogP contribution in [0.25, 0.3) is 0 Å². The highest BCUT2D eigenvalue weighted by Gasteiger charge is 2.28. The predicted octanol–water partition coefficient (Wildman–Crippen LogP) is 1.87. The van der Waals surface area contributed by atoms with E-state index in [1.54, 1.807) is 30.3 Å². The Morgan fingerprint density at radius 2 is 2.12 bits per heavy atom. The van der Waals surface area contributed by atoms with E-state index in [-0.39, 0.29) is 6.42 Å². The molecule has 0 unspecified atom stereocenters. The van der Waals surface area contributed by atoms with Gasteiger partial charge in [0.1, 0.15) is 6.10 Å². The molecule has 1 heterocycles. The number of aliphatic hydroxyl groups excluding tert-OH is 1. The smallest absolute Gasteiger partial charge is 0.338 e. The molecule has 1 aromatic carbocycles. The first kappa shape index (κ1) is 18.2. The molecule has 2 rings (SSSR count). The van der Waals surface area contributed by atoms with Crippen LogP contribution in [0.2, 0.25) is 0 Å². The van der Waals surface area contributed by atoms with E-state index in [0.717, 1.165) is 6.42 Å². The number of esters is 2. The Morgan fingerprint density at radius 1 is 1.38 bits per heavy atom. The maximum Gasteiger partial charge on any atom is 0.338 e. The van der Waals surface area contributed by atoms with Gasteiger partial charge in [-0.25, -0.2) is 9.59 Å². The zero-order valence-electron chi connectivity index (χ0n) is 13.6. The first-order valence-corrected chi connectivity index (χ1v) is 7.92. The van der Waals surface area contributed by atoms with Gasteiger partial charge in [0.2, 0.25) is 0 Å². The van der Waals surface area contributed by atoms with Gasteiger partial charge in [-0.05, 0) is 31.1 Å². The molecule has 0 bridgehead atoms. The van der Waals surface area contributed by atoms with E-state index in [1.165, 1.54) is 19.3 Å². The molecule has 1 saturated heterocycles. The third-order valence-electron chi connectivity index (χ3n) is 3.79. The third kappa shape index (κ3) is 5.47. The van der Waals surface area contributed by atoms with Crippen molar-refractivity contribution in [3.8, 4) is 0 Å². The number of hydrogen-bond donors (Lipinski definition) is 1. The van der Waals surface area contributed by atoms with Crippen molar-refractivity contribution in [2.24, 2.45) is 0 Å². The summed E-state index contributed by atoms with van der Waals surface area (Å²) in [5, 5.41) is 10.0. The molecule has 0 aromatic heterocycles. The van der Waals surface area contributed by atoms with E-state index in [9.17, 15) is 14.7 Å². The molecule has 1 aliphatic rings. The number of rotatable bonds is 6. The van der Waals surface area contributed by atoms with Crippen LogP contribution in [-0.2, 0) is 19.0 Å². The van der Waals surface area contributed by atoms with E-state index >= 15 is 0 Å². The first-order chi connectivity index (χ1) is 11.6. The van der Waals surface area contributed by atoms with Gasteiger partial charge in [-0.1, -0.05) is 18.2 Å². The summed E-state index contributed by atoms with van der Waals surface area (Å²) < 4.78 is 15.6. The minimum absolute atomic E-state index is 0.271. The number of ether oxygens (including phenoxy) is 3. The van der Waals surface area contributed by atoms with Gasteiger partial charge in [0.05, 0.1) is 24.9 Å². The van der Waals surface area contributed by atoms with Gasteiger partial charge in [0, 0.05) is 19.1 Å². The molecule has 0 spiro atoms. The van der Waals surface area contributed by atoms with Crippen LogP contribution in [0.3, 0.4) is 0 Å². The Labute approximate surface area is 141 Å². The van der Waals surface area contributed by atoms with E-state index < -0.39 is 30.3 Å². The van der Waals surface area contributed by atoms with Crippen molar-refractivity contribution in [3.05, 3.63) is 48.0 Å². The van der Waals surface area contributed by atoms with E-state index in [2.05, 4.69) is 4.74 Å². The van der Waals surface area contributed by atoms with Gasteiger partial charge in [0.25, 0.3) is 0 Å². The summed E-state index contributed by atoms with van der Waals surface area (Å²) in [7, 11) is 1.27. The lowest BCUT2D eigenvalue weighted by molar-refractivity contribution is -0.134. The molecule has 0 radical (unpaired) electrons. The van der Waals surface area contributed by atoms with Crippen molar-refractivity contribution in [3.63, 3.8) is 0 Å². The van der Waals surface area contributed by atoms with E-state index in [4.69, 9.17) is 9.47 Å². The minimum Gasteiger partial charge on any atom is -0.466 e. The van der Waals surface area contributed by atoms with Crippen LogP contribution < -0.4 is 0 Å². The molecular weight excluding hydrogens is 312 g/mol. The average molecular weight is 334 g/mol. The maximum atomic E-state index is 12.2. The number of hydrogen-bond acceptors (Lipinski definition) is 6. The highest BCUT2D eigenvalue weighted by atomic mass is 16.5. The van der Waals surface area contributed by atoms with Crippen LogP contribution in [0.1, 0.15) is 29.6 Å². The topological polar surface area (TPSA) is 82.1 Å². The number of aliphatic hydroxyl groups is 1. The van der Waals surface area contributed by atoms with Crippen molar-refractivity contribution < 1.29 is 28.9 Å². The van der Waals surface area contributed by atoms with Gasteiger partial charge in [0.15, 0.2) is 0 Å². The lowest BCUT2D eigenvalue weighted by Crippen LogP contribution is -2.37. The van der Waals surface area contributed by atoms with Gasteiger partial charge in [-0.15, -0.1) is 0 Å². The summed E-state index contributed by atoms with van der Waals surface area (Å²) in [4.78, 5) is 23.5. The summed E-state index contributed by atoms with van der Waals surface area (Å²) in [5.41, 5.74) is 0.416. The minimum atomic E-state index is -0.699. The summed E-state index contributed by atoms with van der Waals surface area (Å²) in [6.07, 6.45) is 2.63. The molecule has 24 heavy (non-hydrogen) atoms. The van der Waals surface area contributed by atoms with Crippen LogP contribution in [0, 0.1) is 0 Å². The lowest BCUT2D eigenvalue weighted by atomic mass is 10.00. The van der Waals surface area contributed by atoms with E-state index in [0.29, 0.717) is 18.6 Å². The van der Waals surface area contributed by atoms with Crippen LogP contribution >= 0.6 is 0 Å². The van der Waals surface area contributed by atoms with Crippen LogP contribution in [0.4, 0.5) is 0 Å². The molecule has 130 valence electrons. The zero-order valence-corrected chi connectivity index (χ0v) is 13.6. The number of carbonyl (C=O) groups excluding carboxylic acids is 2. The summed E-state index contributed by atoms with van der Waals surface area (Å²) in [6, 6.07) is 8.58. The molecular formula is C18H22O6. The van der Waals surface area contributed by atoms with Gasteiger partial charge >= 0.3 is 11.9 Å². The fourth-order valence-electron chi connectivity index (χ4n) is 2.48. The Balaban J connectivity index is 2.05. The highest BCUT2D eigenvalue weighted by molar-refractivity contribution is 5.89. The molecule has 0 amide bonds. The van der Waals surface area contributed by atoms with Crippen LogP contribution in [-0.4, -0.2) is 49.1 Å². The SMILES string of the molecule is COC(=O)/C=C\[C@H](C[C@@H]1OCCC[C@H]1O)OC(=O)c1ccccc1. The molecule has 3 atom stereocenters.